The topological polar surface area (TPSA) is 43.4 Å². The van der Waals surface area contributed by atoms with Crippen LogP contribution in [0.15, 0.2) is 42.5 Å². The fourth-order valence-electron chi connectivity index (χ4n) is 1.75. The average molecular weight is 272 g/mol. The van der Waals surface area contributed by atoms with E-state index in [2.05, 4.69) is 17.2 Å². The molecule has 0 atom stereocenters. The SMILES string of the molecule is CCCOc1ccccc1OCc1cccc(NC)n1. The van der Waals surface area contributed by atoms with E-state index in [-0.39, 0.29) is 0 Å². The molecular formula is C16H20N2O2. The molecule has 1 heterocycles. The highest BCUT2D eigenvalue weighted by atomic mass is 16.5. The molecule has 1 aromatic carbocycles. The zero-order valence-corrected chi connectivity index (χ0v) is 11.9. The molecule has 0 bridgehead atoms. The van der Waals surface area contributed by atoms with Crippen LogP contribution in [0.25, 0.3) is 0 Å². The molecule has 0 unspecified atom stereocenters. The van der Waals surface area contributed by atoms with Gasteiger partial charge in [0.05, 0.1) is 12.3 Å². The van der Waals surface area contributed by atoms with E-state index in [0.717, 1.165) is 29.4 Å². The van der Waals surface area contributed by atoms with Gasteiger partial charge in [-0.2, -0.15) is 0 Å². The van der Waals surface area contributed by atoms with Gasteiger partial charge in [-0.3, -0.25) is 0 Å². The lowest BCUT2D eigenvalue weighted by Crippen LogP contribution is -2.03. The Hall–Kier alpha value is -2.23. The van der Waals surface area contributed by atoms with Gasteiger partial charge in [-0.1, -0.05) is 25.1 Å². The number of nitrogens with zero attached hydrogens (tertiary/aromatic N) is 1. The van der Waals surface area contributed by atoms with Gasteiger partial charge in [-0.15, -0.1) is 0 Å². The first-order valence-electron chi connectivity index (χ1n) is 6.81. The minimum absolute atomic E-state index is 0.419. The van der Waals surface area contributed by atoms with E-state index in [4.69, 9.17) is 9.47 Å². The summed E-state index contributed by atoms with van der Waals surface area (Å²) in [5.41, 5.74) is 0.877. The molecule has 0 fully saturated rings. The first kappa shape index (κ1) is 14.2. The van der Waals surface area contributed by atoms with Crippen molar-refractivity contribution in [2.45, 2.75) is 20.0 Å². The van der Waals surface area contributed by atoms with Crippen LogP contribution in [-0.2, 0) is 6.61 Å². The second-order valence-corrected chi connectivity index (χ2v) is 4.35. The number of para-hydroxylation sites is 2. The third-order valence-electron chi connectivity index (χ3n) is 2.75. The summed E-state index contributed by atoms with van der Waals surface area (Å²) in [6, 6.07) is 13.5. The number of pyridine rings is 1. The monoisotopic (exact) mass is 272 g/mol. The van der Waals surface area contributed by atoms with Crippen LogP contribution in [0.1, 0.15) is 19.0 Å². The molecule has 4 heteroatoms. The van der Waals surface area contributed by atoms with Crippen LogP contribution in [0.3, 0.4) is 0 Å². The van der Waals surface area contributed by atoms with Crippen molar-refractivity contribution in [3.8, 4) is 11.5 Å². The van der Waals surface area contributed by atoms with Gasteiger partial charge >= 0.3 is 0 Å². The Labute approximate surface area is 119 Å². The first-order valence-corrected chi connectivity index (χ1v) is 6.81. The van der Waals surface area contributed by atoms with Crippen molar-refractivity contribution >= 4 is 5.82 Å². The summed E-state index contributed by atoms with van der Waals surface area (Å²) < 4.78 is 11.5. The lowest BCUT2D eigenvalue weighted by molar-refractivity contribution is 0.259. The highest BCUT2D eigenvalue weighted by Gasteiger charge is 2.05. The molecule has 1 aromatic heterocycles. The fourth-order valence-corrected chi connectivity index (χ4v) is 1.75. The van der Waals surface area contributed by atoms with Gasteiger partial charge < -0.3 is 14.8 Å². The van der Waals surface area contributed by atoms with Crippen LogP contribution in [0.4, 0.5) is 5.82 Å². The van der Waals surface area contributed by atoms with Gasteiger partial charge in [0, 0.05) is 7.05 Å². The highest BCUT2D eigenvalue weighted by molar-refractivity contribution is 5.40. The summed E-state index contributed by atoms with van der Waals surface area (Å²) in [5.74, 6) is 2.36. The van der Waals surface area contributed by atoms with E-state index in [9.17, 15) is 0 Å². The van der Waals surface area contributed by atoms with E-state index in [0.29, 0.717) is 13.2 Å². The highest BCUT2D eigenvalue weighted by Crippen LogP contribution is 2.27. The Bertz CT molecular complexity index is 544. The van der Waals surface area contributed by atoms with Gasteiger partial charge in [0.25, 0.3) is 0 Å². The Balaban J connectivity index is 2.02. The Kier molecular flexibility index (Phi) is 5.24. The van der Waals surface area contributed by atoms with Crippen LogP contribution in [-0.4, -0.2) is 18.6 Å². The lowest BCUT2D eigenvalue weighted by Gasteiger charge is -2.12. The molecule has 0 aliphatic heterocycles. The fraction of sp³-hybridized carbons (Fsp3) is 0.312. The second kappa shape index (κ2) is 7.38. The number of benzene rings is 1. The first-order chi connectivity index (χ1) is 9.83. The molecule has 0 saturated carbocycles. The number of hydrogen-bond donors (Lipinski definition) is 1. The van der Waals surface area contributed by atoms with Crippen molar-refractivity contribution in [3.63, 3.8) is 0 Å². The van der Waals surface area contributed by atoms with Crippen molar-refractivity contribution in [1.29, 1.82) is 0 Å². The maximum absolute atomic E-state index is 5.80. The molecule has 0 saturated heterocycles. The van der Waals surface area contributed by atoms with E-state index in [1.54, 1.807) is 0 Å². The normalized spacial score (nSPS) is 10.1. The Morgan fingerprint density at radius 2 is 1.75 bits per heavy atom. The van der Waals surface area contributed by atoms with Gasteiger partial charge in [-0.05, 0) is 30.7 Å². The summed E-state index contributed by atoms with van der Waals surface area (Å²) in [4.78, 5) is 4.42. The van der Waals surface area contributed by atoms with Crippen LogP contribution >= 0.6 is 0 Å². The van der Waals surface area contributed by atoms with Crippen molar-refractivity contribution < 1.29 is 9.47 Å². The van der Waals surface area contributed by atoms with E-state index < -0.39 is 0 Å². The molecule has 1 N–H and O–H groups in total. The van der Waals surface area contributed by atoms with Crippen molar-refractivity contribution in [3.05, 3.63) is 48.2 Å². The van der Waals surface area contributed by atoms with E-state index >= 15 is 0 Å². The number of ether oxygens (including phenoxy) is 2. The standard InChI is InChI=1S/C16H20N2O2/c1-3-11-19-14-8-4-5-9-15(14)20-12-13-7-6-10-16(17-2)18-13/h4-10H,3,11-12H2,1-2H3,(H,17,18). The summed E-state index contributed by atoms with van der Waals surface area (Å²) >= 11 is 0. The van der Waals surface area contributed by atoms with Crippen LogP contribution in [0.2, 0.25) is 0 Å². The van der Waals surface area contributed by atoms with Gasteiger partial charge in [0.1, 0.15) is 12.4 Å². The molecule has 20 heavy (non-hydrogen) atoms. The summed E-state index contributed by atoms with van der Waals surface area (Å²) in [7, 11) is 1.85. The van der Waals surface area contributed by atoms with Gasteiger partial charge in [-0.25, -0.2) is 4.98 Å². The molecule has 0 radical (unpaired) electrons. The van der Waals surface area contributed by atoms with Crippen molar-refractivity contribution in [2.24, 2.45) is 0 Å². The van der Waals surface area contributed by atoms with Crippen LogP contribution < -0.4 is 14.8 Å². The summed E-state index contributed by atoms with van der Waals surface area (Å²) in [6.45, 7) is 3.19. The Morgan fingerprint density at radius 1 is 1.00 bits per heavy atom. The van der Waals surface area contributed by atoms with Crippen LogP contribution in [0, 0.1) is 0 Å². The summed E-state index contributed by atoms with van der Waals surface area (Å²) in [6.07, 6.45) is 0.972. The minimum atomic E-state index is 0.419. The third kappa shape index (κ3) is 3.88. The quantitative estimate of drug-likeness (QED) is 0.838. The molecule has 2 rings (SSSR count). The predicted molar refractivity (Wildman–Crippen MR) is 80.3 cm³/mol. The molecule has 106 valence electrons. The van der Waals surface area contributed by atoms with Crippen LogP contribution in [0.5, 0.6) is 11.5 Å². The Morgan fingerprint density at radius 3 is 2.45 bits per heavy atom. The molecule has 4 nitrogen and oxygen atoms in total. The molecule has 0 aliphatic rings. The molecule has 2 aromatic rings. The predicted octanol–water partition coefficient (Wildman–Crippen LogP) is 3.49. The van der Waals surface area contributed by atoms with Gasteiger partial charge in [0.15, 0.2) is 11.5 Å². The summed E-state index contributed by atoms with van der Waals surface area (Å²) in [5, 5.41) is 3.01. The number of anilines is 1. The lowest BCUT2D eigenvalue weighted by atomic mass is 10.3. The molecular weight excluding hydrogens is 252 g/mol. The zero-order valence-electron chi connectivity index (χ0n) is 11.9. The molecule has 0 aliphatic carbocycles. The third-order valence-corrected chi connectivity index (χ3v) is 2.75. The number of aromatic nitrogens is 1. The van der Waals surface area contributed by atoms with Crippen molar-refractivity contribution in [2.75, 3.05) is 19.0 Å². The van der Waals surface area contributed by atoms with Crippen molar-refractivity contribution in [1.82, 2.24) is 4.98 Å². The maximum atomic E-state index is 5.80. The number of nitrogens with one attached hydrogen (secondary N) is 1. The molecule has 0 spiro atoms. The number of hydrogen-bond acceptors (Lipinski definition) is 4. The maximum Gasteiger partial charge on any atom is 0.161 e. The van der Waals surface area contributed by atoms with E-state index in [1.807, 2.05) is 49.5 Å². The van der Waals surface area contributed by atoms with E-state index in [1.165, 1.54) is 0 Å². The van der Waals surface area contributed by atoms with Gasteiger partial charge in [0.2, 0.25) is 0 Å². The number of rotatable bonds is 7. The smallest absolute Gasteiger partial charge is 0.161 e. The molecule has 0 amide bonds. The average Bonchev–Trinajstić information content (AvgIpc) is 2.52. The minimum Gasteiger partial charge on any atom is -0.490 e. The second-order valence-electron chi connectivity index (χ2n) is 4.35. The zero-order chi connectivity index (χ0) is 14.2. The largest absolute Gasteiger partial charge is 0.490 e.